The van der Waals surface area contributed by atoms with E-state index in [2.05, 4.69) is 15.3 Å². The van der Waals surface area contributed by atoms with Crippen LogP contribution in [0.3, 0.4) is 0 Å². The second-order valence-corrected chi connectivity index (χ2v) is 4.63. The largest absolute Gasteiger partial charge is 0.433 e. The molecule has 1 aromatic heterocycles. The van der Waals surface area contributed by atoms with Crippen molar-refractivity contribution >= 4 is 23.6 Å². The Labute approximate surface area is 131 Å². The third-order valence-corrected chi connectivity index (χ3v) is 2.70. The molecule has 0 aliphatic rings. The molecular weight excluding hydrogens is 308 g/mol. The molecule has 0 radical (unpaired) electrons. The number of nitrogens with two attached hydrogens (primary N) is 1. The van der Waals surface area contributed by atoms with E-state index in [-0.39, 0.29) is 23.9 Å². The number of amidine groups is 1. The van der Waals surface area contributed by atoms with Gasteiger partial charge >= 0.3 is 11.9 Å². The molecule has 1 heterocycles. The Balaban J connectivity index is 2.28. The van der Waals surface area contributed by atoms with Crippen LogP contribution in [0.5, 0.6) is 0 Å². The number of furan rings is 1. The van der Waals surface area contributed by atoms with Crippen LogP contribution in [-0.4, -0.2) is 29.2 Å². The first kappa shape index (κ1) is 18.1. The van der Waals surface area contributed by atoms with Crippen molar-refractivity contribution in [1.29, 1.82) is 0 Å². The van der Waals surface area contributed by atoms with Crippen molar-refractivity contribution in [3.63, 3.8) is 0 Å². The first-order valence-corrected chi connectivity index (χ1v) is 6.92. The first-order valence-electron chi connectivity index (χ1n) is 6.92. The number of amides is 1. The molecule has 0 saturated carbocycles. The molecule has 10 nitrogen and oxygen atoms in total. The molecular formula is C13H18N4O6. The number of carbonyl (C=O) groups is 2. The third-order valence-electron chi connectivity index (χ3n) is 2.70. The summed E-state index contributed by atoms with van der Waals surface area (Å²) < 4.78 is 4.80. The van der Waals surface area contributed by atoms with Crippen LogP contribution in [-0.2, 0) is 14.4 Å². The summed E-state index contributed by atoms with van der Waals surface area (Å²) in [6.45, 7) is 2.00. The topological polar surface area (TPSA) is 150 Å². The van der Waals surface area contributed by atoms with Crippen LogP contribution in [0.4, 0.5) is 5.88 Å². The van der Waals surface area contributed by atoms with E-state index in [0.717, 1.165) is 18.9 Å². The summed E-state index contributed by atoms with van der Waals surface area (Å²) in [7, 11) is 0. The molecule has 0 atom stereocenters. The molecule has 0 aliphatic heterocycles. The van der Waals surface area contributed by atoms with Crippen molar-refractivity contribution < 1.29 is 23.8 Å². The summed E-state index contributed by atoms with van der Waals surface area (Å²) in [5, 5.41) is 16.5. The minimum Gasteiger partial charge on any atom is -0.397 e. The number of rotatable bonds is 9. The highest BCUT2D eigenvalue weighted by atomic mass is 16.7. The Bertz CT molecular complexity index is 595. The van der Waals surface area contributed by atoms with Crippen LogP contribution in [0.1, 0.15) is 38.4 Å². The van der Waals surface area contributed by atoms with Gasteiger partial charge in [0.05, 0.1) is 6.07 Å². The molecule has 0 fully saturated rings. The van der Waals surface area contributed by atoms with E-state index in [1.54, 1.807) is 0 Å². The van der Waals surface area contributed by atoms with Gasteiger partial charge in [-0.05, 0) is 18.9 Å². The van der Waals surface area contributed by atoms with Gasteiger partial charge in [0.25, 0.3) is 0 Å². The number of unbranched alkanes of at least 4 members (excludes halogenated alkanes) is 2. The number of nitrogens with one attached hydrogen (secondary N) is 1. The molecule has 1 rings (SSSR count). The van der Waals surface area contributed by atoms with Crippen molar-refractivity contribution in [3.05, 3.63) is 28.0 Å². The number of oxime groups is 1. The molecule has 126 valence electrons. The van der Waals surface area contributed by atoms with Gasteiger partial charge in [-0.3, -0.25) is 14.9 Å². The van der Waals surface area contributed by atoms with Crippen molar-refractivity contribution in [1.82, 2.24) is 5.32 Å². The van der Waals surface area contributed by atoms with Crippen molar-refractivity contribution in [2.45, 2.75) is 32.6 Å². The van der Waals surface area contributed by atoms with Crippen LogP contribution in [0, 0.1) is 10.1 Å². The van der Waals surface area contributed by atoms with Gasteiger partial charge in [-0.2, -0.15) is 0 Å². The zero-order chi connectivity index (χ0) is 17.2. The van der Waals surface area contributed by atoms with Gasteiger partial charge in [-0.15, -0.1) is 0 Å². The monoisotopic (exact) mass is 326 g/mol. The highest BCUT2D eigenvalue weighted by Gasteiger charge is 2.14. The average Bonchev–Trinajstić information content (AvgIpc) is 2.98. The smallest absolute Gasteiger partial charge is 0.397 e. The van der Waals surface area contributed by atoms with Gasteiger partial charge in [0.1, 0.15) is 4.92 Å². The van der Waals surface area contributed by atoms with Gasteiger partial charge < -0.3 is 20.3 Å². The molecule has 3 N–H and O–H groups in total. The van der Waals surface area contributed by atoms with Crippen LogP contribution >= 0.6 is 0 Å². The predicted molar refractivity (Wildman–Crippen MR) is 79.3 cm³/mol. The van der Waals surface area contributed by atoms with E-state index >= 15 is 0 Å². The van der Waals surface area contributed by atoms with E-state index < -0.39 is 16.8 Å². The highest BCUT2D eigenvalue weighted by molar-refractivity contribution is 5.95. The fraction of sp³-hybridized carbons (Fsp3) is 0.462. The fourth-order valence-corrected chi connectivity index (χ4v) is 1.59. The number of carbonyl (C=O) groups excluding carboxylic acids is 2. The van der Waals surface area contributed by atoms with Crippen LogP contribution < -0.4 is 11.1 Å². The second kappa shape index (κ2) is 9.18. The van der Waals surface area contributed by atoms with Gasteiger partial charge in [0, 0.05) is 19.9 Å². The lowest BCUT2D eigenvalue weighted by Crippen LogP contribution is -2.20. The van der Waals surface area contributed by atoms with Crippen LogP contribution in [0.2, 0.25) is 0 Å². The van der Waals surface area contributed by atoms with Crippen LogP contribution in [0.25, 0.3) is 0 Å². The summed E-state index contributed by atoms with van der Waals surface area (Å²) >= 11 is 0. The summed E-state index contributed by atoms with van der Waals surface area (Å²) in [6.07, 6.45) is 2.24. The fourth-order valence-electron chi connectivity index (χ4n) is 1.59. The number of nitrogens with zero attached hydrogens (tertiary/aromatic N) is 2. The summed E-state index contributed by atoms with van der Waals surface area (Å²) in [5.41, 5.74) is 5.50. The van der Waals surface area contributed by atoms with E-state index in [4.69, 9.17) is 10.2 Å². The van der Waals surface area contributed by atoms with Gasteiger partial charge in [0.15, 0.2) is 5.76 Å². The molecule has 0 aromatic carbocycles. The van der Waals surface area contributed by atoms with Crippen LogP contribution in [0.15, 0.2) is 21.7 Å². The van der Waals surface area contributed by atoms with E-state index in [1.807, 2.05) is 0 Å². The third kappa shape index (κ3) is 7.07. The Morgan fingerprint density at radius 3 is 2.74 bits per heavy atom. The molecule has 0 bridgehead atoms. The molecule has 0 saturated heterocycles. The average molecular weight is 326 g/mol. The quantitative estimate of drug-likeness (QED) is 0.172. The molecule has 0 aliphatic carbocycles. The summed E-state index contributed by atoms with van der Waals surface area (Å²) in [5.74, 6) is -1.47. The minimum atomic E-state index is -0.718. The number of hydrogen-bond donors (Lipinski definition) is 2. The van der Waals surface area contributed by atoms with Crippen molar-refractivity contribution in [2.75, 3.05) is 6.54 Å². The predicted octanol–water partition coefficient (Wildman–Crippen LogP) is 1.05. The normalized spacial score (nSPS) is 11.1. The van der Waals surface area contributed by atoms with Gasteiger partial charge in [0.2, 0.25) is 11.7 Å². The zero-order valence-corrected chi connectivity index (χ0v) is 12.6. The maximum atomic E-state index is 11.4. The molecule has 1 amide bonds. The second-order valence-electron chi connectivity index (χ2n) is 4.63. The molecule has 10 heteroatoms. The highest BCUT2D eigenvalue weighted by Crippen LogP contribution is 2.15. The molecule has 1 aromatic rings. The lowest BCUT2D eigenvalue weighted by atomic mass is 10.2. The number of nitro groups is 1. The Morgan fingerprint density at radius 2 is 2.13 bits per heavy atom. The Morgan fingerprint density at radius 1 is 1.39 bits per heavy atom. The van der Waals surface area contributed by atoms with Crippen molar-refractivity contribution in [2.24, 2.45) is 10.9 Å². The van der Waals surface area contributed by atoms with Gasteiger partial charge in [-0.1, -0.05) is 11.6 Å². The minimum absolute atomic E-state index is 0.0557. The first-order chi connectivity index (χ1) is 10.9. The summed E-state index contributed by atoms with van der Waals surface area (Å²) in [4.78, 5) is 36.4. The SMILES string of the molecule is CC(=O)NCCCCCC(=O)O/N=C(\N)c1ccc([N+](=O)[O-])o1. The zero-order valence-electron chi connectivity index (χ0n) is 12.6. The lowest BCUT2D eigenvalue weighted by molar-refractivity contribution is -0.402. The van der Waals surface area contributed by atoms with E-state index in [0.29, 0.717) is 13.0 Å². The van der Waals surface area contributed by atoms with Crippen molar-refractivity contribution in [3.8, 4) is 0 Å². The van der Waals surface area contributed by atoms with E-state index in [1.165, 1.54) is 13.0 Å². The molecule has 0 unspecified atom stereocenters. The van der Waals surface area contributed by atoms with E-state index in [9.17, 15) is 19.7 Å². The Hall–Kier alpha value is -2.91. The maximum absolute atomic E-state index is 11.4. The number of hydrogen-bond acceptors (Lipinski definition) is 7. The summed E-state index contributed by atoms with van der Waals surface area (Å²) in [6, 6.07) is 2.38. The maximum Gasteiger partial charge on any atom is 0.433 e. The molecule has 23 heavy (non-hydrogen) atoms. The Kier molecular flexibility index (Phi) is 7.24. The standard InChI is InChI=1S/C13H18N4O6/c1-9(18)15-8-4-2-3-5-12(19)23-16-13(14)10-6-7-11(22-10)17(20)21/h6-7H,2-5,8H2,1H3,(H2,14,16)(H,15,18). The van der Waals surface area contributed by atoms with Gasteiger partial charge in [-0.25, -0.2) is 4.79 Å². The lowest BCUT2D eigenvalue weighted by Gasteiger charge is -2.01. The molecule has 0 spiro atoms.